The van der Waals surface area contributed by atoms with Crippen molar-refractivity contribution in [2.24, 2.45) is 0 Å². The van der Waals surface area contributed by atoms with Gasteiger partial charge in [-0.1, -0.05) is 12.1 Å². The monoisotopic (exact) mass is 274 g/mol. The fourth-order valence-corrected chi connectivity index (χ4v) is 3.68. The average Bonchev–Trinajstić information content (AvgIpc) is 2.68. The zero-order valence-corrected chi connectivity index (χ0v) is 11.7. The van der Waals surface area contributed by atoms with Gasteiger partial charge < -0.3 is 15.7 Å². The molecule has 3 N–H and O–H groups in total. The molecule has 2 atom stereocenters. The number of nitrogens with zero attached hydrogens (tertiary/aromatic N) is 1. The van der Waals surface area contributed by atoms with Crippen molar-refractivity contribution in [1.29, 1.82) is 0 Å². The molecule has 4 nitrogen and oxygen atoms in total. The first-order valence-electron chi connectivity index (χ1n) is 7.47. The Morgan fingerprint density at radius 1 is 1.30 bits per heavy atom. The van der Waals surface area contributed by atoms with Gasteiger partial charge in [0.15, 0.2) is 0 Å². The summed E-state index contributed by atoms with van der Waals surface area (Å²) < 4.78 is 0. The molecule has 108 valence electrons. The van der Waals surface area contributed by atoms with Crippen LogP contribution in [-0.4, -0.2) is 34.1 Å². The third kappa shape index (κ3) is 2.66. The van der Waals surface area contributed by atoms with Crippen molar-refractivity contribution >= 4 is 11.6 Å². The van der Waals surface area contributed by atoms with Gasteiger partial charge in [-0.2, -0.15) is 0 Å². The maximum atomic E-state index is 12.4. The van der Waals surface area contributed by atoms with E-state index in [1.165, 1.54) is 0 Å². The lowest BCUT2D eigenvalue weighted by molar-refractivity contribution is -0.137. The van der Waals surface area contributed by atoms with Crippen molar-refractivity contribution in [3.63, 3.8) is 0 Å². The summed E-state index contributed by atoms with van der Waals surface area (Å²) in [5, 5.41) is 9.78. The summed E-state index contributed by atoms with van der Waals surface area (Å²) >= 11 is 0. The third-order valence-corrected chi connectivity index (χ3v) is 4.57. The van der Waals surface area contributed by atoms with Gasteiger partial charge >= 0.3 is 0 Å². The van der Waals surface area contributed by atoms with Crippen LogP contribution in [0.25, 0.3) is 0 Å². The number of carbonyl (C=O) groups is 1. The minimum atomic E-state index is -0.217. The number of aryl methyl sites for hydroxylation is 1. The number of fused-ring (bicyclic) bond motifs is 2. The number of anilines is 1. The van der Waals surface area contributed by atoms with Crippen molar-refractivity contribution in [3.05, 3.63) is 29.8 Å². The lowest BCUT2D eigenvalue weighted by Gasteiger charge is -2.37. The standard InChI is InChI=1S/C16H22N2O2/c17-12-3-1-2-11(8-12)4-7-16(20)18-13-5-6-14(18)10-15(19)9-13/h1-3,8,13-15,19H,4-7,9-10,17H2. The van der Waals surface area contributed by atoms with Crippen LogP contribution in [0.1, 0.15) is 37.7 Å². The minimum absolute atomic E-state index is 0.217. The van der Waals surface area contributed by atoms with E-state index in [9.17, 15) is 9.90 Å². The van der Waals surface area contributed by atoms with E-state index in [4.69, 9.17) is 5.73 Å². The van der Waals surface area contributed by atoms with Gasteiger partial charge in [-0.05, 0) is 49.8 Å². The molecule has 0 aliphatic carbocycles. The van der Waals surface area contributed by atoms with E-state index in [-0.39, 0.29) is 24.1 Å². The summed E-state index contributed by atoms with van der Waals surface area (Å²) in [5.41, 5.74) is 7.61. The van der Waals surface area contributed by atoms with E-state index >= 15 is 0 Å². The van der Waals surface area contributed by atoms with E-state index in [0.717, 1.165) is 43.4 Å². The Hall–Kier alpha value is -1.55. The Morgan fingerprint density at radius 2 is 2.00 bits per heavy atom. The highest BCUT2D eigenvalue weighted by Crippen LogP contribution is 2.36. The number of amides is 1. The Balaban J connectivity index is 1.60. The van der Waals surface area contributed by atoms with Crippen molar-refractivity contribution in [2.45, 2.75) is 56.7 Å². The van der Waals surface area contributed by atoms with Crippen LogP contribution in [-0.2, 0) is 11.2 Å². The molecule has 4 heteroatoms. The normalized spacial score (nSPS) is 28.6. The maximum absolute atomic E-state index is 12.4. The Labute approximate surface area is 119 Å². The highest BCUT2D eigenvalue weighted by Gasteiger charge is 2.42. The van der Waals surface area contributed by atoms with E-state index in [1.54, 1.807) is 0 Å². The minimum Gasteiger partial charge on any atom is -0.399 e. The first-order chi connectivity index (χ1) is 9.63. The molecule has 0 spiro atoms. The fraction of sp³-hybridized carbons (Fsp3) is 0.562. The van der Waals surface area contributed by atoms with Crippen molar-refractivity contribution in [2.75, 3.05) is 5.73 Å². The Bertz CT molecular complexity index is 489. The predicted octanol–water partition coefficient (Wildman–Crippen LogP) is 1.72. The summed E-state index contributed by atoms with van der Waals surface area (Å²) in [6.07, 6.45) is 4.65. The van der Waals surface area contributed by atoms with E-state index in [1.807, 2.05) is 29.2 Å². The lowest BCUT2D eigenvalue weighted by atomic mass is 9.99. The van der Waals surface area contributed by atoms with Gasteiger partial charge in [0.1, 0.15) is 0 Å². The number of aliphatic hydroxyl groups excluding tert-OH is 1. The van der Waals surface area contributed by atoms with E-state index in [0.29, 0.717) is 6.42 Å². The average molecular weight is 274 g/mol. The second kappa shape index (κ2) is 5.44. The van der Waals surface area contributed by atoms with Crippen LogP contribution in [0, 0.1) is 0 Å². The van der Waals surface area contributed by atoms with Crippen molar-refractivity contribution < 1.29 is 9.90 Å². The number of benzene rings is 1. The number of carbonyl (C=O) groups excluding carboxylic acids is 1. The zero-order valence-electron chi connectivity index (χ0n) is 11.7. The smallest absolute Gasteiger partial charge is 0.223 e. The lowest BCUT2D eigenvalue weighted by Crippen LogP contribution is -2.48. The number of piperidine rings is 1. The summed E-state index contributed by atoms with van der Waals surface area (Å²) in [7, 11) is 0. The number of nitrogens with two attached hydrogens (primary N) is 1. The molecular weight excluding hydrogens is 252 g/mol. The van der Waals surface area contributed by atoms with Gasteiger partial charge in [-0.3, -0.25) is 4.79 Å². The predicted molar refractivity (Wildman–Crippen MR) is 78.1 cm³/mol. The Morgan fingerprint density at radius 3 is 2.65 bits per heavy atom. The highest BCUT2D eigenvalue weighted by molar-refractivity contribution is 5.77. The first-order valence-corrected chi connectivity index (χ1v) is 7.47. The van der Waals surface area contributed by atoms with Crippen LogP contribution >= 0.6 is 0 Å². The highest BCUT2D eigenvalue weighted by atomic mass is 16.3. The summed E-state index contributed by atoms with van der Waals surface area (Å²) in [6, 6.07) is 8.25. The van der Waals surface area contributed by atoms with Gasteiger partial charge in [0.2, 0.25) is 5.91 Å². The number of rotatable bonds is 3. The van der Waals surface area contributed by atoms with Gasteiger partial charge in [0.05, 0.1) is 6.10 Å². The summed E-state index contributed by atoms with van der Waals surface area (Å²) in [4.78, 5) is 14.5. The summed E-state index contributed by atoms with van der Waals surface area (Å²) in [5.74, 6) is 0.229. The molecule has 0 saturated carbocycles. The molecule has 2 aliphatic heterocycles. The molecule has 20 heavy (non-hydrogen) atoms. The molecule has 0 aromatic heterocycles. The quantitative estimate of drug-likeness (QED) is 0.825. The Kier molecular flexibility index (Phi) is 3.66. The molecule has 1 aromatic rings. The zero-order chi connectivity index (χ0) is 14.1. The molecule has 1 amide bonds. The first kappa shape index (κ1) is 13.4. The molecule has 2 fully saturated rings. The largest absolute Gasteiger partial charge is 0.399 e. The topological polar surface area (TPSA) is 66.6 Å². The molecule has 2 heterocycles. The van der Waals surface area contributed by atoms with Crippen LogP contribution in [0.15, 0.2) is 24.3 Å². The van der Waals surface area contributed by atoms with Crippen LogP contribution in [0.5, 0.6) is 0 Å². The number of hydrogen-bond donors (Lipinski definition) is 2. The molecule has 2 bridgehead atoms. The van der Waals surface area contributed by atoms with E-state index in [2.05, 4.69) is 0 Å². The molecule has 0 radical (unpaired) electrons. The molecule has 2 unspecified atom stereocenters. The van der Waals surface area contributed by atoms with E-state index < -0.39 is 0 Å². The van der Waals surface area contributed by atoms with Crippen molar-refractivity contribution in [3.8, 4) is 0 Å². The second-order valence-electron chi connectivity index (χ2n) is 6.06. The molecule has 2 aliphatic rings. The summed E-state index contributed by atoms with van der Waals surface area (Å²) in [6.45, 7) is 0. The van der Waals surface area contributed by atoms with Crippen molar-refractivity contribution in [1.82, 2.24) is 4.90 Å². The van der Waals surface area contributed by atoms with Crippen LogP contribution < -0.4 is 5.73 Å². The number of hydrogen-bond acceptors (Lipinski definition) is 3. The molecular formula is C16H22N2O2. The van der Waals surface area contributed by atoms with Crippen LogP contribution in [0.3, 0.4) is 0 Å². The van der Waals surface area contributed by atoms with Crippen LogP contribution in [0.2, 0.25) is 0 Å². The second-order valence-corrected chi connectivity index (χ2v) is 6.06. The number of nitrogen functional groups attached to an aromatic ring is 1. The maximum Gasteiger partial charge on any atom is 0.223 e. The third-order valence-electron chi connectivity index (χ3n) is 4.57. The fourth-order valence-electron chi connectivity index (χ4n) is 3.68. The van der Waals surface area contributed by atoms with Gasteiger partial charge in [0, 0.05) is 24.2 Å². The molecule has 3 rings (SSSR count). The molecule has 1 aromatic carbocycles. The number of aliphatic hydroxyl groups is 1. The van der Waals surface area contributed by atoms with Gasteiger partial charge in [0.25, 0.3) is 0 Å². The van der Waals surface area contributed by atoms with Gasteiger partial charge in [-0.25, -0.2) is 0 Å². The SMILES string of the molecule is Nc1cccc(CCC(=O)N2C3CCC2CC(O)C3)c1. The van der Waals surface area contributed by atoms with Gasteiger partial charge in [-0.15, -0.1) is 0 Å². The molecule has 2 saturated heterocycles. The van der Waals surface area contributed by atoms with Crippen LogP contribution in [0.4, 0.5) is 5.69 Å².